The van der Waals surface area contributed by atoms with Gasteiger partial charge in [0.25, 0.3) is 0 Å². The molecule has 0 amide bonds. The van der Waals surface area contributed by atoms with Gasteiger partial charge in [0, 0.05) is 16.2 Å². The van der Waals surface area contributed by atoms with Crippen LogP contribution in [0.4, 0.5) is 0 Å². The van der Waals surface area contributed by atoms with Crippen LogP contribution in [0.3, 0.4) is 0 Å². The second kappa shape index (κ2) is 12.8. The van der Waals surface area contributed by atoms with E-state index in [9.17, 15) is 5.11 Å². The monoisotopic (exact) mass is 460 g/mol. The molecule has 0 atom stereocenters. The third kappa shape index (κ3) is 11.9. The number of hydrogen-bond acceptors (Lipinski definition) is 3. The number of thioether (sulfide) groups is 2. The summed E-state index contributed by atoms with van der Waals surface area (Å²) in [6.45, 7) is 19.8. The Morgan fingerprint density at radius 1 is 0.871 bits per heavy atom. The number of benzene rings is 1. The van der Waals surface area contributed by atoms with Crippen LogP contribution in [-0.2, 0) is 5.41 Å². The Kier molecular flexibility index (Phi) is 11.6. The van der Waals surface area contributed by atoms with Gasteiger partial charge in [0.15, 0.2) is 0 Å². The molecular formula is C28H44OS2. The van der Waals surface area contributed by atoms with Crippen LogP contribution in [0, 0.1) is 0 Å². The van der Waals surface area contributed by atoms with Crippen LogP contribution in [0.25, 0.3) is 0 Å². The summed E-state index contributed by atoms with van der Waals surface area (Å²) in [5, 5.41) is 10.2. The average Bonchev–Trinajstić information content (AvgIpc) is 2.61. The van der Waals surface area contributed by atoms with E-state index >= 15 is 0 Å². The minimum absolute atomic E-state index is 0.0593. The zero-order chi connectivity index (χ0) is 23.7. The molecule has 0 radical (unpaired) electrons. The molecule has 31 heavy (non-hydrogen) atoms. The first-order valence-corrected chi connectivity index (χ1v) is 13.2. The van der Waals surface area contributed by atoms with Crippen LogP contribution >= 0.6 is 23.5 Å². The van der Waals surface area contributed by atoms with E-state index in [4.69, 9.17) is 0 Å². The number of hydrogen-bond donors (Lipinski definition) is 1. The van der Waals surface area contributed by atoms with Gasteiger partial charge in [-0.05, 0) is 90.8 Å². The minimum Gasteiger partial charge on any atom is -0.508 e. The number of phenolic OH excluding ortho intramolecular Hbond substituents is 1. The fraction of sp³-hybridized carbons (Fsp3) is 0.571. The van der Waals surface area contributed by atoms with E-state index in [0.717, 1.165) is 30.6 Å². The predicted octanol–water partition coefficient (Wildman–Crippen LogP) is 9.67. The second-order valence-corrected chi connectivity index (χ2v) is 13.8. The van der Waals surface area contributed by atoms with Gasteiger partial charge in [0.1, 0.15) is 5.75 Å². The van der Waals surface area contributed by atoms with E-state index < -0.39 is 0 Å². The van der Waals surface area contributed by atoms with Gasteiger partial charge in [-0.15, -0.1) is 23.5 Å². The molecule has 1 N–H and O–H groups in total. The summed E-state index contributed by atoms with van der Waals surface area (Å²) < 4.78 is 0.0737. The summed E-state index contributed by atoms with van der Waals surface area (Å²) in [5.74, 6) is 1.42. The lowest BCUT2D eigenvalue weighted by Crippen LogP contribution is -2.12. The van der Waals surface area contributed by atoms with Gasteiger partial charge in [-0.1, -0.05) is 55.7 Å². The number of allylic oxidation sites excluding steroid dienone is 5. The SMILES string of the molecule is CC(C)=CCC/C(C)=C/CC/C(C)=C/CSC(C)(C)Sc1ccc(O)c(C(C)(C)C)c1. The summed E-state index contributed by atoms with van der Waals surface area (Å²) in [7, 11) is 0. The predicted molar refractivity (Wildman–Crippen MR) is 145 cm³/mol. The van der Waals surface area contributed by atoms with Crippen molar-refractivity contribution in [2.45, 2.75) is 102 Å². The first-order valence-electron chi connectivity index (χ1n) is 11.4. The first-order chi connectivity index (χ1) is 14.3. The van der Waals surface area contributed by atoms with Crippen LogP contribution in [0.1, 0.15) is 93.6 Å². The maximum atomic E-state index is 10.2. The molecule has 0 saturated heterocycles. The van der Waals surface area contributed by atoms with Gasteiger partial charge in [-0.3, -0.25) is 0 Å². The van der Waals surface area contributed by atoms with E-state index in [0.29, 0.717) is 5.75 Å². The highest BCUT2D eigenvalue weighted by molar-refractivity contribution is 8.18. The third-order valence-electron chi connectivity index (χ3n) is 5.13. The van der Waals surface area contributed by atoms with Crippen LogP contribution in [0.15, 0.2) is 58.0 Å². The van der Waals surface area contributed by atoms with Gasteiger partial charge in [-0.25, -0.2) is 0 Å². The van der Waals surface area contributed by atoms with E-state index in [-0.39, 0.29) is 9.49 Å². The first kappa shape index (κ1) is 28.0. The number of aromatic hydroxyl groups is 1. The lowest BCUT2D eigenvalue weighted by molar-refractivity contribution is 0.446. The maximum Gasteiger partial charge on any atom is 0.119 e. The van der Waals surface area contributed by atoms with Gasteiger partial charge >= 0.3 is 0 Å². The normalized spacial score (nSPS) is 13.5. The number of rotatable bonds is 11. The molecule has 0 aromatic heterocycles. The largest absolute Gasteiger partial charge is 0.508 e. The Bertz CT molecular complexity index is 788. The number of phenols is 1. The van der Waals surface area contributed by atoms with Crippen LogP contribution in [-0.4, -0.2) is 14.9 Å². The fourth-order valence-electron chi connectivity index (χ4n) is 3.22. The van der Waals surface area contributed by atoms with Gasteiger partial charge in [0.2, 0.25) is 0 Å². The van der Waals surface area contributed by atoms with E-state index in [1.165, 1.54) is 28.0 Å². The van der Waals surface area contributed by atoms with E-state index in [1.807, 2.05) is 35.7 Å². The summed E-state index contributed by atoms with van der Waals surface area (Å²) in [6, 6.07) is 6.02. The minimum atomic E-state index is -0.0593. The van der Waals surface area contributed by atoms with Crippen molar-refractivity contribution >= 4 is 23.5 Å². The van der Waals surface area contributed by atoms with Crippen molar-refractivity contribution in [1.29, 1.82) is 0 Å². The molecule has 0 spiro atoms. The smallest absolute Gasteiger partial charge is 0.119 e. The van der Waals surface area contributed by atoms with Crippen molar-refractivity contribution in [3.05, 3.63) is 58.7 Å². The molecule has 174 valence electrons. The van der Waals surface area contributed by atoms with E-state index in [1.54, 1.807) is 0 Å². The van der Waals surface area contributed by atoms with Crippen molar-refractivity contribution in [3.8, 4) is 5.75 Å². The molecule has 1 nitrogen and oxygen atoms in total. The molecule has 1 aromatic rings. The molecule has 1 aromatic carbocycles. The lowest BCUT2D eigenvalue weighted by atomic mass is 9.86. The summed E-state index contributed by atoms with van der Waals surface area (Å²) >= 11 is 3.85. The van der Waals surface area contributed by atoms with Crippen LogP contribution < -0.4 is 0 Å². The van der Waals surface area contributed by atoms with Gasteiger partial charge in [0.05, 0.1) is 4.08 Å². The van der Waals surface area contributed by atoms with Crippen LogP contribution in [0.5, 0.6) is 5.75 Å². The molecule has 0 bridgehead atoms. The summed E-state index contributed by atoms with van der Waals surface area (Å²) in [6.07, 6.45) is 11.7. The Morgan fingerprint density at radius 2 is 1.45 bits per heavy atom. The Labute approximate surface area is 200 Å². The average molecular weight is 461 g/mol. The zero-order valence-corrected chi connectivity index (χ0v) is 22.9. The van der Waals surface area contributed by atoms with Gasteiger partial charge in [-0.2, -0.15) is 0 Å². The molecule has 0 aliphatic heterocycles. The third-order valence-corrected chi connectivity index (χ3v) is 7.74. The molecule has 0 fully saturated rings. The van der Waals surface area contributed by atoms with E-state index in [2.05, 4.69) is 86.6 Å². The zero-order valence-electron chi connectivity index (χ0n) is 21.3. The van der Waals surface area contributed by atoms with Crippen molar-refractivity contribution < 1.29 is 5.11 Å². The molecule has 3 heteroatoms. The quantitative estimate of drug-likeness (QED) is 0.201. The standard InChI is InChI=1S/C28H44OS2/c1-21(2)12-10-13-22(3)14-11-15-23(4)18-19-30-28(8,9)31-24-16-17-26(29)25(20-24)27(5,6)7/h12,14,16-18,20,29H,10-11,13,15,19H2,1-9H3/b22-14+,23-18+. The Morgan fingerprint density at radius 3 is 2.03 bits per heavy atom. The molecule has 1 rings (SSSR count). The fourth-order valence-corrected chi connectivity index (χ4v) is 5.59. The Balaban J connectivity index is 2.52. The molecule has 0 aliphatic carbocycles. The second-order valence-electron chi connectivity index (χ2n) is 10.2. The maximum absolute atomic E-state index is 10.2. The summed E-state index contributed by atoms with van der Waals surface area (Å²) in [5.41, 5.74) is 5.33. The van der Waals surface area contributed by atoms with Crippen molar-refractivity contribution in [1.82, 2.24) is 0 Å². The Hall–Kier alpha value is -1.06. The van der Waals surface area contributed by atoms with Crippen molar-refractivity contribution in [2.24, 2.45) is 0 Å². The lowest BCUT2D eigenvalue weighted by Gasteiger charge is -2.25. The van der Waals surface area contributed by atoms with Gasteiger partial charge < -0.3 is 5.11 Å². The van der Waals surface area contributed by atoms with Crippen molar-refractivity contribution in [3.63, 3.8) is 0 Å². The highest BCUT2D eigenvalue weighted by atomic mass is 32.2. The molecule has 0 saturated carbocycles. The summed E-state index contributed by atoms with van der Waals surface area (Å²) in [4.78, 5) is 1.22. The molecule has 0 unspecified atom stereocenters. The molecular weight excluding hydrogens is 416 g/mol. The van der Waals surface area contributed by atoms with Crippen LogP contribution in [0.2, 0.25) is 0 Å². The topological polar surface area (TPSA) is 20.2 Å². The molecule has 0 heterocycles. The molecule has 0 aliphatic rings. The highest BCUT2D eigenvalue weighted by Gasteiger charge is 2.23. The van der Waals surface area contributed by atoms with Crippen molar-refractivity contribution in [2.75, 3.05) is 5.75 Å². The highest BCUT2D eigenvalue weighted by Crippen LogP contribution is 2.43.